The summed E-state index contributed by atoms with van der Waals surface area (Å²) in [6.07, 6.45) is -2.67. The summed E-state index contributed by atoms with van der Waals surface area (Å²) >= 11 is 0. The molecule has 1 saturated heterocycles. The van der Waals surface area contributed by atoms with Gasteiger partial charge in [-0.3, -0.25) is 4.98 Å². The molecule has 6 rings (SSSR count). The number of anilines is 1. The van der Waals surface area contributed by atoms with Gasteiger partial charge in [0.2, 0.25) is 5.82 Å². The molecule has 10 nitrogen and oxygen atoms in total. The number of nitrogens with zero attached hydrogens (tertiary/aromatic N) is 9. The van der Waals surface area contributed by atoms with Crippen LogP contribution in [0.3, 0.4) is 0 Å². The van der Waals surface area contributed by atoms with Crippen LogP contribution in [-0.4, -0.2) is 60.4 Å². The van der Waals surface area contributed by atoms with Crippen LogP contribution in [0.25, 0.3) is 11.2 Å². The molecule has 1 atom stereocenters. The summed E-state index contributed by atoms with van der Waals surface area (Å²) in [7, 11) is 0. The Kier molecular flexibility index (Phi) is 5.38. The molecule has 1 fully saturated rings. The maximum atomic E-state index is 15.6. The fourth-order valence-electron chi connectivity index (χ4n) is 4.50. The minimum absolute atomic E-state index is 0.0498. The molecule has 4 aromatic rings. The van der Waals surface area contributed by atoms with Gasteiger partial charge in [0.05, 0.1) is 12.6 Å². The minimum Gasteiger partial charge on any atom is -0.391 e. The molecule has 5 heterocycles. The number of alkyl halides is 5. The van der Waals surface area contributed by atoms with Crippen LogP contribution in [0.5, 0.6) is 0 Å². The summed E-state index contributed by atoms with van der Waals surface area (Å²) in [5.74, 6) is -4.39. The minimum atomic E-state index is -4.77. The molecule has 0 radical (unpaired) electrons. The Bertz CT molecular complexity index is 1530. The van der Waals surface area contributed by atoms with Crippen LogP contribution in [0.1, 0.15) is 28.9 Å². The van der Waals surface area contributed by atoms with Crippen LogP contribution in [0.4, 0.5) is 27.8 Å². The standard InChI is InChI=1S/C23H18F5N9O/c24-21(25,14-4-2-1-3-5-14)20-30-18(36-9-7-15(38)12-36)17-19(31-20)37(35-32-17)11-13-10-29-8-6-16(13)22(33-34-22)23(26,27)28/h1-6,8,10,15,38H,7,9,11-12H2/t15-/m0/s1. The van der Waals surface area contributed by atoms with Crippen LogP contribution in [0, 0.1) is 0 Å². The molecule has 0 spiro atoms. The average Bonchev–Trinajstić information content (AvgIpc) is 3.47. The molecule has 0 saturated carbocycles. The highest BCUT2D eigenvalue weighted by atomic mass is 19.4. The lowest BCUT2D eigenvalue weighted by atomic mass is 9.99. The van der Waals surface area contributed by atoms with Crippen molar-refractivity contribution in [2.75, 3.05) is 18.0 Å². The fraction of sp³-hybridized carbons (Fsp3) is 0.348. The highest BCUT2D eigenvalue weighted by molar-refractivity contribution is 5.83. The molecule has 0 bridgehead atoms. The van der Waals surface area contributed by atoms with E-state index in [0.717, 1.165) is 10.7 Å². The zero-order valence-corrected chi connectivity index (χ0v) is 19.4. The second-order valence-electron chi connectivity index (χ2n) is 9.02. The van der Waals surface area contributed by atoms with E-state index in [9.17, 15) is 18.3 Å². The number of pyridine rings is 1. The van der Waals surface area contributed by atoms with Gasteiger partial charge < -0.3 is 10.0 Å². The van der Waals surface area contributed by atoms with Crippen molar-refractivity contribution >= 4 is 17.0 Å². The molecule has 2 aliphatic rings. The van der Waals surface area contributed by atoms with E-state index in [1.807, 2.05) is 0 Å². The molecule has 1 N–H and O–H groups in total. The summed E-state index contributed by atoms with van der Waals surface area (Å²) in [5, 5.41) is 24.6. The first-order valence-electron chi connectivity index (χ1n) is 11.5. The van der Waals surface area contributed by atoms with E-state index < -0.39 is 29.7 Å². The molecule has 3 aromatic heterocycles. The Morgan fingerprint density at radius 2 is 1.79 bits per heavy atom. The molecule has 1 aromatic carbocycles. The first-order valence-corrected chi connectivity index (χ1v) is 11.5. The van der Waals surface area contributed by atoms with Gasteiger partial charge in [-0.2, -0.15) is 22.0 Å². The number of β-amino-alcohol motifs (C(OH)–C–C–N with tert-alkyl or cyclic N) is 1. The van der Waals surface area contributed by atoms with Crippen LogP contribution in [0.2, 0.25) is 0 Å². The highest BCUT2D eigenvalue weighted by Gasteiger charge is 2.65. The van der Waals surface area contributed by atoms with E-state index >= 15 is 8.78 Å². The Morgan fingerprint density at radius 1 is 1.03 bits per heavy atom. The number of rotatable bonds is 6. The van der Waals surface area contributed by atoms with Gasteiger partial charge in [0.1, 0.15) is 0 Å². The average molecular weight is 531 g/mol. The van der Waals surface area contributed by atoms with Crippen molar-refractivity contribution < 1.29 is 27.1 Å². The SMILES string of the molecule is O[C@H]1CCN(c2nc(C(F)(F)c3ccccc3)nc3c2nnn3Cc2cnccc2C2(C(F)(F)F)N=N2)C1. The molecule has 0 unspecified atom stereocenters. The molecular weight excluding hydrogens is 513 g/mol. The lowest BCUT2D eigenvalue weighted by molar-refractivity contribution is -0.166. The zero-order valence-electron chi connectivity index (χ0n) is 19.4. The van der Waals surface area contributed by atoms with Crippen LogP contribution in [-0.2, 0) is 18.1 Å². The highest BCUT2D eigenvalue weighted by Crippen LogP contribution is 2.53. The molecular formula is C23H18F5N9O. The molecule has 2 aliphatic heterocycles. The predicted molar refractivity (Wildman–Crippen MR) is 121 cm³/mol. The Balaban J connectivity index is 1.48. The van der Waals surface area contributed by atoms with Crippen LogP contribution >= 0.6 is 0 Å². The first-order chi connectivity index (χ1) is 18.1. The number of hydrogen-bond donors (Lipinski definition) is 1. The topological polar surface area (TPSA) is 118 Å². The molecule has 15 heteroatoms. The van der Waals surface area contributed by atoms with Gasteiger partial charge >= 0.3 is 17.8 Å². The number of aliphatic hydroxyl groups excluding tert-OH is 1. The first kappa shape index (κ1) is 24.2. The maximum absolute atomic E-state index is 15.6. The Morgan fingerprint density at radius 3 is 2.45 bits per heavy atom. The number of fused-ring (bicyclic) bond motifs is 1. The largest absolute Gasteiger partial charge is 0.442 e. The zero-order chi connectivity index (χ0) is 26.7. The van der Waals surface area contributed by atoms with E-state index in [0.29, 0.717) is 13.0 Å². The van der Waals surface area contributed by atoms with Gasteiger partial charge in [0.15, 0.2) is 17.0 Å². The van der Waals surface area contributed by atoms with E-state index in [1.54, 1.807) is 11.0 Å². The van der Waals surface area contributed by atoms with Crippen LogP contribution in [0.15, 0.2) is 59.0 Å². The summed E-state index contributed by atoms with van der Waals surface area (Å²) < 4.78 is 73.4. The third kappa shape index (κ3) is 3.84. The van der Waals surface area contributed by atoms with E-state index in [1.165, 1.54) is 36.7 Å². The van der Waals surface area contributed by atoms with Gasteiger partial charge in [-0.05, 0) is 12.5 Å². The van der Waals surface area contributed by atoms with Crippen molar-refractivity contribution in [3.05, 3.63) is 71.3 Å². The van der Waals surface area contributed by atoms with Crippen molar-refractivity contribution in [2.45, 2.75) is 36.8 Å². The van der Waals surface area contributed by atoms with Gasteiger partial charge in [0, 0.05) is 42.2 Å². The van der Waals surface area contributed by atoms with Gasteiger partial charge in [-0.1, -0.05) is 35.5 Å². The third-order valence-corrected chi connectivity index (χ3v) is 6.52. The van der Waals surface area contributed by atoms with Gasteiger partial charge in [-0.25, -0.2) is 14.6 Å². The van der Waals surface area contributed by atoms with Gasteiger partial charge in [0.25, 0.3) is 0 Å². The second-order valence-corrected chi connectivity index (χ2v) is 9.02. The van der Waals surface area contributed by atoms with Gasteiger partial charge in [-0.15, -0.1) is 15.3 Å². The third-order valence-electron chi connectivity index (χ3n) is 6.52. The number of benzene rings is 1. The Hall–Kier alpha value is -4.14. The summed E-state index contributed by atoms with van der Waals surface area (Å²) in [6, 6.07) is 8.15. The molecule has 196 valence electrons. The van der Waals surface area contributed by atoms with Crippen molar-refractivity contribution in [3.63, 3.8) is 0 Å². The number of aromatic nitrogens is 6. The predicted octanol–water partition coefficient (Wildman–Crippen LogP) is 3.56. The summed E-state index contributed by atoms with van der Waals surface area (Å²) in [6.45, 7) is 0.150. The van der Waals surface area contributed by atoms with E-state index in [4.69, 9.17) is 0 Å². The maximum Gasteiger partial charge on any atom is 0.442 e. The number of halogens is 5. The number of aliphatic hydroxyl groups is 1. The number of hydrogen-bond acceptors (Lipinski definition) is 9. The lowest BCUT2D eigenvalue weighted by Crippen LogP contribution is -2.31. The van der Waals surface area contributed by atoms with Crippen molar-refractivity contribution in [2.24, 2.45) is 10.2 Å². The smallest absolute Gasteiger partial charge is 0.391 e. The van der Waals surface area contributed by atoms with E-state index in [-0.39, 0.29) is 46.8 Å². The Labute approximate surface area is 210 Å². The summed E-state index contributed by atoms with van der Waals surface area (Å²) in [5.41, 5.74) is -3.28. The lowest BCUT2D eigenvalue weighted by Gasteiger charge is -2.21. The summed E-state index contributed by atoms with van der Waals surface area (Å²) in [4.78, 5) is 13.7. The van der Waals surface area contributed by atoms with Crippen molar-refractivity contribution in [1.82, 2.24) is 29.9 Å². The van der Waals surface area contributed by atoms with Crippen LogP contribution < -0.4 is 4.90 Å². The fourth-order valence-corrected chi connectivity index (χ4v) is 4.50. The monoisotopic (exact) mass is 531 g/mol. The quantitative estimate of drug-likeness (QED) is 0.378. The van der Waals surface area contributed by atoms with E-state index in [2.05, 4.69) is 35.5 Å². The normalized spacial score (nSPS) is 18.9. The molecule has 0 aliphatic carbocycles. The van der Waals surface area contributed by atoms with Crippen molar-refractivity contribution in [3.8, 4) is 0 Å². The molecule has 38 heavy (non-hydrogen) atoms. The molecule has 0 amide bonds. The van der Waals surface area contributed by atoms with Crippen molar-refractivity contribution in [1.29, 1.82) is 0 Å². The second kappa shape index (κ2) is 8.44.